The van der Waals surface area contributed by atoms with E-state index in [4.69, 9.17) is 4.74 Å². The normalized spacial score (nSPS) is 14.3. The molecule has 1 aromatic rings. The highest BCUT2D eigenvalue weighted by Gasteiger charge is 2.29. The molecule has 0 radical (unpaired) electrons. The molecule has 1 aliphatic rings. The lowest BCUT2D eigenvalue weighted by atomic mass is 10.2. The summed E-state index contributed by atoms with van der Waals surface area (Å²) in [5.74, 6) is 1.30. The van der Waals surface area contributed by atoms with E-state index in [2.05, 4.69) is 24.8 Å². The fraction of sp³-hybridized carbons (Fsp3) is 0.533. The molecule has 0 heterocycles. The second-order valence-corrected chi connectivity index (χ2v) is 4.70. The van der Waals surface area contributed by atoms with E-state index >= 15 is 0 Å². The highest BCUT2D eigenvalue weighted by Crippen LogP contribution is 2.30. The standard InChI is InChI=1S/C15H21NO2/c1-3-16(4-2)13-6-5-7-14(10-13)18-11-15(17)12-8-9-12/h5-7,10,12H,3-4,8-9,11H2,1-2H3. The minimum Gasteiger partial charge on any atom is -0.486 e. The Morgan fingerprint density at radius 1 is 1.33 bits per heavy atom. The summed E-state index contributed by atoms with van der Waals surface area (Å²) in [6.45, 7) is 6.43. The van der Waals surface area contributed by atoms with E-state index in [0.717, 1.165) is 37.4 Å². The fourth-order valence-corrected chi connectivity index (χ4v) is 2.04. The number of carbonyl (C=O) groups is 1. The van der Waals surface area contributed by atoms with Crippen LogP contribution in [-0.2, 0) is 4.79 Å². The van der Waals surface area contributed by atoms with Crippen LogP contribution in [-0.4, -0.2) is 25.5 Å². The number of anilines is 1. The molecule has 98 valence electrons. The van der Waals surface area contributed by atoms with E-state index < -0.39 is 0 Å². The SMILES string of the molecule is CCN(CC)c1cccc(OCC(=O)C2CC2)c1. The van der Waals surface area contributed by atoms with Crippen molar-refractivity contribution in [3.8, 4) is 5.75 Å². The molecule has 3 nitrogen and oxygen atoms in total. The van der Waals surface area contributed by atoms with Crippen molar-refractivity contribution >= 4 is 11.5 Å². The predicted octanol–water partition coefficient (Wildman–Crippen LogP) is 2.89. The van der Waals surface area contributed by atoms with Gasteiger partial charge in [0.15, 0.2) is 5.78 Å². The van der Waals surface area contributed by atoms with E-state index in [1.807, 2.05) is 18.2 Å². The molecular formula is C15H21NO2. The fourth-order valence-electron chi connectivity index (χ4n) is 2.04. The minimum atomic E-state index is 0.215. The molecule has 18 heavy (non-hydrogen) atoms. The molecular weight excluding hydrogens is 226 g/mol. The average Bonchev–Trinajstić information content (AvgIpc) is 3.22. The van der Waals surface area contributed by atoms with Crippen LogP contribution in [0.15, 0.2) is 24.3 Å². The van der Waals surface area contributed by atoms with E-state index in [-0.39, 0.29) is 18.3 Å². The lowest BCUT2D eigenvalue weighted by Gasteiger charge is -2.21. The van der Waals surface area contributed by atoms with E-state index in [0.29, 0.717) is 0 Å². The smallest absolute Gasteiger partial charge is 0.173 e. The van der Waals surface area contributed by atoms with Gasteiger partial charge in [0.1, 0.15) is 12.4 Å². The molecule has 0 amide bonds. The summed E-state index contributed by atoms with van der Waals surface area (Å²) in [4.78, 5) is 13.8. The number of hydrogen-bond donors (Lipinski definition) is 0. The number of Topliss-reactive ketones (excluding diaryl/α,β-unsaturated/α-hetero) is 1. The van der Waals surface area contributed by atoms with Crippen molar-refractivity contribution in [2.24, 2.45) is 5.92 Å². The van der Waals surface area contributed by atoms with Gasteiger partial charge in [-0.1, -0.05) is 6.07 Å². The van der Waals surface area contributed by atoms with Crippen LogP contribution in [0.4, 0.5) is 5.69 Å². The number of benzene rings is 1. The Bertz CT molecular complexity index is 409. The van der Waals surface area contributed by atoms with Crippen LogP contribution < -0.4 is 9.64 Å². The number of ether oxygens (including phenoxy) is 1. The maximum atomic E-state index is 11.6. The second kappa shape index (κ2) is 5.89. The van der Waals surface area contributed by atoms with Crippen LogP contribution in [0.3, 0.4) is 0 Å². The maximum absolute atomic E-state index is 11.6. The number of nitrogens with zero attached hydrogens (tertiary/aromatic N) is 1. The zero-order chi connectivity index (χ0) is 13.0. The van der Waals surface area contributed by atoms with Crippen molar-refractivity contribution in [3.05, 3.63) is 24.3 Å². The number of rotatable bonds is 7. The molecule has 0 aromatic heterocycles. The topological polar surface area (TPSA) is 29.5 Å². The highest BCUT2D eigenvalue weighted by molar-refractivity contribution is 5.84. The molecule has 1 aromatic carbocycles. The first-order chi connectivity index (χ1) is 8.74. The van der Waals surface area contributed by atoms with Gasteiger partial charge in [-0.05, 0) is 38.8 Å². The Morgan fingerprint density at radius 3 is 2.67 bits per heavy atom. The van der Waals surface area contributed by atoms with Crippen LogP contribution in [0.2, 0.25) is 0 Å². The average molecular weight is 247 g/mol. The Hall–Kier alpha value is -1.51. The van der Waals surface area contributed by atoms with Gasteiger partial charge in [0.25, 0.3) is 0 Å². The van der Waals surface area contributed by atoms with Gasteiger partial charge < -0.3 is 9.64 Å². The quantitative estimate of drug-likeness (QED) is 0.742. The lowest BCUT2D eigenvalue weighted by Crippen LogP contribution is -2.21. The molecule has 1 fully saturated rings. The third kappa shape index (κ3) is 3.25. The summed E-state index contributed by atoms with van der Waals surface area (Å²) in [5, 5.41) is 0. The Kier molecular flexibility index (Phi) is 4.24. The first-order valence-corrected chi connectivity index (χ1v) is 6.75. The van der Waals surface area contributed by atoms with Crippen molar-refractivity contribution in [2.45, 2.75) is 26.7 Å². The van der Waals surface area contributed by atoms with Crippen LogP contribution in [0, 0.1) is 5.92 Å². The van der Waals surface area contributed by atoms with Gasteiger partial charge in [-0.3, -0.25) is 4.79 Å². The van der Waals surface area contributed by atoms with Crippen LogP contribution in [0.1, 0.15) is 26.7 Å². The third-order valence-corrected chi connectivity index (χ3v) is 3.36. The summed E-state index contributed by atoms with van der Waals surface area (Å²) < 4.78 is 5.57. The summed E-state index contributed by atoms with van der Waals surface area (Å²) >= 11 is 0. The lowest BCUT2D eigenvalue weighted by molar-refractivity contribution is -0.122. The van der Waals surface area contributed by atoms with Gasteiger partial charge in [-0.25, -0.2) is 0 Å². The van der Waals surface area contributed by atoms with E-state index in [9.17, 15) is 4.79 Å². The van der Waals surface area contributed by atoms with Crippen LogP contribution in [0.5, 0.6) is 5.75 Å². The van der Waals surface area contributed by atoms with Crippen molar-refractivity contribution in [2.75, 3.05) is 24.6 Å². The molecule has 0 N–H and O–H groups in total. The molecule has 0 bridgehead atoms. The number of ketones is 1. The van der Waals surface area contributed by atoms with Gasteiger partial charge in [0.05, 0.1) is 0 Å². The van der Waals surface area contributed by atoms with E-state index in [1.165, 1.54) is 0 Å². The monoisotopic (exact) mass is 247 g/mol. The number of carbonyl (C=O) groups excluding carboxylic acids is 1. The van der Waals surface area contributed by atoms with Crippen molar-refractivity contribution in [1.82, 2.24) is 0 Å². The Balaban J connectivity index is 1.95. The Labute approximate surface area is 109 Å². The minimum absolute atomic E-state index is 0.215. The molecule has 3 heteroatoms. The molecule has 0 atom stereocenters. The molecule has 1 aliphatic carbocycles. The second-order valence-electron chi connectivity index (χ2n) is 4.70. The molecule has 0 aliphatic heterocycles. The van der Waals surface area contributed by atoms with Crippen molar-refractivity contribution in [3.63, 3.8) is 0 Å². The summed E-state index contributed by atoms with van der Waals surface area (Å²) in [7, 11) is 0. The molecule has 0 saturated heterocycles. The van der Waals surface area contributed by atoms with Crippen molar-refractivity contribution < 1.29 is 9.53 Å². The Morgan fingerprint density at radius 2 is 2.06 bits per heavy atom. The van der Waals surface area contributed by atoms with Gasteiger partial charge in [-0.15, -0.1) is 0 Å². The van der Waals surface area contributed by atoms with Gasteiger partial charge >= 0.3 is 0 Å². The largest absolute Gasteiger partial charge is 0.486 e. The van der Waals surface area contributed by atoms with Gasteiger partial charge in [0.2, 0.25) is 0 Å². The van der Waals surface area contributed by atoms with Crippen molar-refractivity contribution in [1.29, 1.82) is 0 Å². The molecule has 0 spiro atoms. The van der Waals surface area contributed by atoms with Gasteiger partial charge in [-0.2, -0.15) is 0 Å². The van der Waals surface area contributed by atoms with Crippen LogP contribution in [0.25, 0.3) is 0 Å². The van der Waals surface area contributed by atoms with E-state index in [1.54, 1.807) is 0 Å². The third-order valence-electron chi connectivity index (χ3n) is 3.36. The zero-order valence-corrected chi connectivity index (χ0v) is 11.2. The van der Waals surface area contributed by atoms with Crippen LogP contribution >= 0.6 is 0 Å². The van der Waals surface area contributed by atoms with Gasteiger partial charge in [0, 0.05) is 30.8 Å². The summed E-state index contributed by atoms with van der Waals surface area (Å²) in [6.07, 6.45) is 2.09. The highest BCUT2D eigenvalue weighted by atomic mass is 16.5. The summed E-state index contributed by atoms with van der Waals surface area (Å²) in [6, 6.07) is 7.97. The predicted molar refractivity (Wildman–Crippen MR) is 73.2 cm³/mol. The zero-order valence-electron chi connectivity index (χ0n) is 11.2. The molecule has 2 rings (SSSR count). The molecule has 1 saturated carbocycles. The molecule has 0 unspecified atom stereocenters. The maximum Gasteiger partial charge on any atom is 0.173 e. The number of hydrogen-bond acceptors (Lipinski definition) is 3. The first-order valence-electron chi connectivity index (χ1n) is 6.75. The first kappa shape index (κ1) is 12.9. The summed E-state index contributed by atoms with van der Waals surface area (Å²) in [5.41, 5.74) is 1.15.